The lowest BCUT2D eigenvalue weighted by Crippen LogP contribution is -2.45. The number of hydrogen-bond acceptors (Lipinski definition) is 3. The Kier molecular flexibility index (Phi) is 3.66. The second-order valence-corrected chi connectivity index (χ2v) is 4.60. The van der Waals surface area contributed by atoms with Crippen LogP contribution in [0.15, 0.2) is 18.3 Å². The number of aromatic nitrogens is 1. The molecule has 1 fully saturated rings. The van der Waals surface area contributed by atoms with Gasteiger partial charge in [-0.25, -0.2) is 0 Å². The van der Waals surface area contributed by atoms with Crippen molar-refractivity contribution in [2.75, 3.05) is 24.4 Å². The fourth-order valence-electron chi connectivity index (χ4n) is 1.98. The predicted molar refractivity (Wildman–Crippen MR) is 66.1 cm³/mol. The van der Waals surface area contributed by atoms with Crippen molar-refractivity contribution in [1.29, 1.82) is 0 Å². The average molecular weight is 241 g/mol. The zero-order valence-corrected chi connectivity index (χ0v) is 10.3. The monoisotopic (exact) mass is 240 g/mol. The van der Waals surface area contributed by atoms with E-state index in [0.29, 0.717) is 5.88 Å². The van der Waals surface area contributed by atoms with Crippen molar-refractivity contribution in [2.24, 2.45) is 0 Å². The van der Waals surface area contributed by atoms with E-state index in [1.54, 1.807) is 0 Å². The highest BCUT2D eigenvalue weighted by molar-refractivity contribution is 6.18. The number of nitrogens with one attached hydrogen (secondary N) is 1. The van der Waals surface area contributed by atoms with Crippen LogP contribution in [-0.4, -0.2) is 29.6 Å². The maximum absolute atomic E-state index is 6.09. The van der Waals surface area contributed by atoms with E-state index >= 15 is 0 Å². The molecular formula is C12H17ClN2O. The number of hydrogen-bond donors (Lipinski definition) is 1. The Bertz CT molecular complexity index is 351. The molecule has 0 spiro atoms. The minimum absolute atomic E-state index is 0.0202. The first-order valence-electron chi connectivity index (χ1n) is 5.59. The van der Waals surface area contributed by atoms with Gasteiger partial charge in [0.1, 0.15) is 0 Å². The Morgan fingerprint density at radius 2 is 2.25 bits per heavy atom. The highest BCUT2D eigenvalue weighted by Crippen LogP contribution is 2.27. The van der Waals surface area contributed by atoms with Gasteiger partial charge in [0.25, 0.3) is 0 Å². The summed E-state index contributed by atoms with van der Waals surface area (Å²) >= 11 is 6.09. The van der Waals surface area contributed by atoms with Crippen molar-refractivity contribution in [2.45, 2.75) is 25.3 Å². The molecule has 1 saturated heterocycles. The molecule has 0 atom stereocenters. The van der Waals surface area contributed by atoms with Crippen LogP contribution in [0.3, 0.4) is 0 Å². The van der Waals surface area contributed by atoms with E-state index in [4.69, 9.17) is 16.3 Å². The molecule has 0 saturated carbocycles. The van der Waals surface area contributed by atoms with E-state index < -0.39 is 0 Å². The van der Waals surface area contributed by atoms with Crippen molar-refractivity contribution in [3.05, 3.63) is 24.0 Å². The Labute approximate surface area is 101 Å². The number of nitrogens with zero attached hydrogens (tertiary/aromatic N) is 1. The summed E-state index contributed by atoms with van der Waals surface area (Å²) in [6, 6.07) is 4.03. The van der Waals surface area contributed by atoms with Gasteiger partial charge in [0.2, 0.25) is 0 Å². The van der Waals surface area contributed by atoms with E-state index in [1.165, 1.54) is 0 Å². The van der Waals surface area contributed by atoms with E-state index in [-0.39, 0.29) is 5.54 Å². The molecule has 1 aliphatic heterocycles. The second-order valence-electron chi connectivity index (χ2n) is 4.34. The van der Waals surface area contributed by atoms with Crippen LogP contribution in [-0.2, 0) is 4.74 Å². The van der Waals surface area contributed by atoms with Crippen LogP contribution in [0.2, 0.25) is 0 Å². The molecule has 3 nitrogen and oxygen atoms in total. The SMILES string of the molecule is Cc1cc(NC2(CCl)CCOCC2)ccn1. The van der Waals surface area contributed by atoms with Gasteiger partial charge in [-0.05, 0) is 31.9 Å². The molecule has 4 heteroatoms. The molecular weight excluding hydrogens is 224 g/mol. The molecule has 1 aromatic rings. The van der Waals surface area contributed by atoms with E-state index in [1.807, 2.05) is 25.3 Å². The molecule has 0 amide bonds. The van der Waals surface area contributed by atoms with Crippen LogP contribution in [0.25, 0.3) is 0 Å². The van der Waals surface area contributed by atoms with Gasteiger partial charge in [-0.1, -0.05) is 0 Å². The summed E-state index contributed by atoms with van der Waals surface area (Å²) in [6.07, 6.45) is 3.73. The number of rotatable bonds is 3. The molecule has 0 unspecified atom stereocenters. The number of alkyl halides is 1. The molecule has 2 rings (SSSR count). The lowest BCUT2D eigenvalue weighted by molar-refractivity contribution is 0.0668. The van der Waals surface area contributed by atoms with Crippen LogP contribution < -0.4 is 5.32 Å². The zero-order chi connectivity index (χ0) is 11.4. The number of anilines is 1. The maximum Gasteiger partial charge on any atom is 0.0552 e. The number of pyridine rings is 1. The van der Waals surface area contributed by atoms with Gasteiger partial charge in [-0.3, -0.25) is 4.98 Å². The van der Waals surface area contributed by atoms with Gasteiger partial charge in [0.05, 0.1) is 5.54 Å². The smallest absolute Gasteiger partial charge is 0.0552 e. The third kappa shape index (κ3) is 2.66. The van der Waals surface area contributed by atoms with Gasteiger partial charge < -0.3 is 10.1 Å². The molecule has 1 aromatic heterocycles. The Hall–Kier alpha value is -0.800. The third-order valence-electron chi connectivity index (χ3n) is 3.01. The Balaban J connectivity index is 2.11. The maximum atomic E-state index is 6.09. The summed E-state index contributed by atoms with van der Waals surface area (Å²) < 4.78 is 5.38. The van der Waals surface area contributed by atoms with Crippen LogP contribution in [0, 0.1) is 6.92 Å². The van der Waals surface area contributed by atoms with Gasteiger partial charge in [-0.2, -0.15) is 0 Å². The van der Waals surface area contributed by atoms with E-state index in [2.05, 4.69) is 10.3 Å². The minimum Gasteiger partial charge on any atom is -0.381 e. The lowest BCUT2D eigenvalue weighted by atomic mass is 9.92. The topological polar surface area (TPSA) is 34.1 Å². The summed E-state index contributed by atoms with van der Waals surface area (Å²) in [6.45, 7) is 3.55. The van der Waals surface area contributed by atoms with Gasteiger partial charge in [0, 0.05) is 36.7 Å². The number of halogens is 1. The summed E-state index contributed by atoms with van der Waals surface area (Å²) in [5, 5.41) is 3.53. The second kappa shape index (κ2) is 5.02. The first-order chi connectivity index (χ1) is 7.74. The quantitative estimate of drug-likeness (QED) is 0.825. The number of aryl methyl sites for hydroxylation is 1. The molecule has 0 bridgehead atoms. The fraction of sp³-hybridized carbons (Fsp3) is 0.583. The minimum atomic E-state index is -0.0202. The summed E-state index contributed by atoms with van der Waals surface area (Å²) in [4.78, 5) is 4.18. The van der Waals surface area contributed by atoms with Crippen LogP contribution >= 0.6 is 11.6 Å². The first kappa shape index (κ1) is 11.7. The van der Waals surface area contributed by atoms with E-state index in [9.17, 15) is 0 Å². The van der Waals surface area contributed by atoms with Crippen LogP contribution in [0.4, 0.5) is 5.69 Å². The molecule has 0 aromatic carbocycles. The molecule has 1 N–H and O–H groups in total. The molecule has 16 heavy (non-hydrogen) atoms. The largest absolute Gasteiger partial charge is 0.381 e. The van der Waals surface area contributed by atoms with Crippen molar-refractivity contribution in [3.63, 3.8) is 0 Å². The van der Waals surface area contributed by atoms with Gasteiger partial charge >= 0.3 is 0 Å². The fourth-order valence-corrected chi connectivity index (χ4v) is 2.32. The highest BCUT2D eigenvalue weighted by atomic mass is 35.5. The summed E-state index contributed by atoms with van der Waals surface area (Å²) in [5.41, 5.74) is 2.09. The molecule has 2 heterocycles. The van der Waals surface area contributed by atoms with Crippen LogP contribution in [0.1, 0.15) is 18.5 Å². The van der Waals surface area contributed by atoms with Gasteiger partial charge in [-0.15, -0.1) is 11.6 Å². The zero-order valence-electron chi connectivity index (χ0n) is 9.50. The van der Waals surface area contributed by atoms with Crippen molar-refractivity contribution >= 4 is 17.3 Å². The highest BCUT2D eigenvalue weighted by Gasteiger charge is 2.31. The molecule has 1 aliphatic rings. The third-order valence-corrected chi connectivity index (χ3v) is 3.52. The lowest BCUT2D eigenvalue weighted by Gasteiger charge is -2.37. The standard InChI is InChI=1S/C12H17ClN2O/c1-10-8-11(2-5-14-10)15-12(9-13)3-6-16-7-4-12/h2,5,8H,3-4,6-7,9H2,1H3,(H,14,15). The van der Waals surface area contributed by atoms with E-state index in [0.717, 1.165) is 37.4 Å². The number of ether oxygens (including phenoxy) is 1. The van der Waals surface area contributed by atoms with Crippen molar-refractivity contribution in [1.82, 2.24) is 4.98 Å². The Morgan fingerprint density at radius 3 is 2.88 bits per heavy atom. The summed E-state index contributed by atoms with van der Waals surface area (Å²) in [5.74, 6) is 0.609. The molecule has 0 aliphatic carbocycles. The van der Waals surface area contributed by atoms with Gasteiger partial charge in [0.15, 0.2) is 0 Å². The summed E-state index contributed by atoms with van der Waals surface area (Å²) in [7, 11) is 0. The Morgan fingerprint density at radius 1 is 1.50 bits per heavy atom. The van der Waals surface area contributed by atoms with Crippen LogP contribution in [0.5, 0.6) is 0 Å². The molecule has 0 radical (unpaired) electrons. The van der Waals surface area contributed by atoms with Crippen molar-refractivity contribution in [3.8, 4) is 0 Å². The first-order valence-corrected chi connectivity index (χ1v) is 6.12. The normalized spacial score (nSPS) is 19.4. The average Bonchev–Trinajstić information content (AvgIpc) is 2.30. The molecule has 88 valence electrons. The van der Waals surface area contributed by atoms with Crippen molar-refractivity contribution < 1.29 is 4.74 Å². The predicted octanol–water partition coefficient (Wildman–Crippen LogP) is 2.59.